The Labute approximate surface area is 108 Å². The molecule has 0 saturated carbocycles. The van der Waals surface area contributed by atoms with Gasteiger partial charge in [-0.25, -0.2) is 4.79 Å². The third kappa shape index (κ3) is 2.75. The van der Waals surface area contributed by atoms with Crippen LogP contribution >= 0.6 is 35.0 Å². The minimum absolute atomic E-state index is 0.116. The number of halogens is 2. The Hall–Kier alpha value is -0.580. The normalized spacial score (nSPS) is 15.2. The van der Waals surface area contributed by atoms with Crippen LogP contribution in [0.4, 0.5) is 10.5 Å². The smallest absolute Gasteiger partial charge is 0.314 e. The second-order valence-corrected chi connectivity index (χ2v) is 5.27. The first-order chi connectivity index (χ1) is 7.66. The Morgan fingerprint density at radius 3 is 2.88 bits per heavy atom. The Morgan fingerprint density at radius 2 is 2.25 bits per heavy atom. The molecule has 1 aliphatic rings. The van der Waals surface area contributed by atoms with Crippen molar-refractivity contribution in [2.75, 3.05) is 23.5 Å². The lowest BCUT2D eigenvalue weighted by molar-refractivity contribution is 0.225. The number of nitrogens with one attached hydrogen (secondary N) is 1. The Balaban J connectivity index is 2.05. The van der Waals surface area contributed by atoms with Gasteiger partial charge in [0.2, 0.25) is 0 Å². The minimum atomic E-state index is -0.116. The van der Waals surface area contributed by atoms with Gasteiger partial charge in [0, 0.05) is 17.3 Å². The summed E-state index contributed by atoms with van der Waals surface area (Å²) >= 11 is 13.5. The van der Waals surface area contributed by atoms with Crippen LogP contribution in [0.15, 0.2) is 18.2 Å². The molecule has 2 rings (SSSR count). The van der Waals surface area contributed by atoms with Crippen LogP contribution in [0.3, 0.4) is 0 Å². The maximum absolute atomic E-state index is 11.8. The van der Waals surface area contributed by atoms with Gasteiger partial charge in [-0.05, 0) is 18.2 Å². The van der Waals surface area contributed by atoms with E-state index in [1.165, 1.54) is 0 Å². The van der Waals surface area contributed by atoms with Crippen molar-refractivity contribution in [3.8, 4) is 0 Å². The van der Waals surface area contributed by atoms with Crippen LogP contribution in [-0.4, -0.2) is 29.1 Å². The van der Waals surface area contributed by atoms with E-state index >= 15 is 0 Å². The van der Waals surface area contributed by atoms with Crippen molar-refractivity contribution in [2.45, 2.75) is 0 Å². The number of anilines is 1. The number of carbonyl (C=O) groups is 1. The van der Waals surface area contributed by atoms with Crippen molar-refractivity contribution in [1.29, 1.82) is 0 Å². The number of nitrogens with zero attached hydrogens (tertiary/aromatic N) is 1. The maximum atomic E-state index is 11.8. The average Bonchev–Trinajstić information content (AvgIpc) is 2.75. The Morgan fingerprint density at radius 1 is 1.44 bits per heavy atom. The number of hydrogen-bond acceptors (Lipinski definition) is 2. The summed E-state index contributed by atoms with van der Waals surface area (Å²) in [5, 5.41) is 3.77. The Bertz CT molecular complexity index is 408. The Kier molecular flexibility index (Phi) is 3.84. The third-order valence-electron chi connectivity index (χ3n) is 2.21. The molecule has 1 aromatic rings. The van der Waals surface area contributed by atoms with Gasteiger partial charge in [0.05, 0.1) is 16.6 Å². The summed E-state index contributed by atoms with van der Waals surface area (Å²) in [6.07, 6.45) is 0. The third-order valence-corrected chi connectivity index (χ3v) is 3.73. The van der Waals surface area contributed by atoms with Gasteiger partial charge in [0.25, 0.3) is 0 Å². The van der Waals surface area contributed by atoms with Crippen molar-refractivity contribution >= 4 is 46.7 Å². The van der Waals surface area contributed by atoms with E-state index in [-0.39, 0.29) is 6.03 Å². The standard InChI is InChI=1S/C10H10Cl2N2OS/c11-7-1-2-9(8(12)5-7)13-10(15)14-3-4-16-6-14/h1-2,5H,3-4,6H2,(H,13,15). The number of thioether (sulfide) groups is 1. The van der Waals surface area contributed by atoms with Crippen LogP contribution < -0.4 is 5.32 Å². The number of amides is 2. The first kappa shape index (κ1) is 11.9. The van der Waals surface area contributed by atoms with Crippen LogP contribution in [0.25, 0.3) is 0 Å². The summed E-state index contributed by atoms with van der Waals surface area (Å²) in [6, 6.07) is 4.89. The molecule has 16 heavy (non-hydrogen) atoms. The van der Waals surface area contributed by atoms with Gasteiger partial charge in [-0.2, -0.15) is 0 Å². The number of urea groups is 1. The molecule has 1 saturated heterocycles. The molecule has 0 unspecified atom stereocenters. The fraction of sp³-hybridized carbons (Fsp3) is 0.300. The molecule has 1 aliphatic heterocycles. The molecule has 86 valence electrons. The van der Waals surface area contributed by atoms with Crippen molar-refractivity contribution in [3.05, 3.63) is 28.2 Å². The van der Waals surface area contributed by atoms with E-state index in [0.717, 1.165) is 18.2 Å². The molecule has 0 spiro atoms. The lowest BCUT2D eigenvalue weighted by atomic mass is 10.3. The SMILES string of the molecule is O=C(Nc1ccc(Cl)cc1Cl)N1CCSC1. The molecule has 0 aliphatic carbocycles. The zero-order valence-electron chi connectivity index (χ0n) is 8.37. The number of hydrogen-bond donors (Lipinski definition) is 1. The van der Waals surface area contributed by atoms with Crippen LogP contribution in [-0.2, 0) is 0 Å². The highest BCUT2D eigenvalue weighted by Crippen LogP contribution is 2.26. The highest BCUT2D eigenvalue weighted by Gasteiger charge is 2.18. The van der Waals surface area contributed by atoms with Crippen molar-refractivity contribution in [3.63, 3.8) is 0 Å². The summed E-state index contributed by atoms with van der Waals surface area (Å²) in [5.41, 5.74) is 0.591. The van der Waals surface area contributed by atoms with Gasteiger partial charge in [-0.3, -0.25) is 0 Å². The van der Waals surface area contributed by atoms with Crippen LogP contribution in [0.1, 0.15) is 0 Å². The lowest BCUT2D eigenvalue weighted by Gasteiger charge is -2.16. The molecule has 6 heteroatoms. The summed E-state index contributed by atoms with van der Waals surface area (Å²) in [6.45, 7) is 0.779. The van der Waals surface area contributed by atoms with E-state index < -0.39 is 0 Å². The highest BCUT2D eigenvalue weighted by atomic mass is 35.5. The van der Waals surface area contributed by atoms with Gasteiger partial charge in [-0.1, -0.05) is 23.2 Å². The molecule has 1 fully saturated rings. The zero-order chi connectivity index (χ0) is 11.5. The molecule has 1 N–H and O–H groups in total. The molecule has 3 nitrogen and oxygen atoms in total. The topological polar surface area (TPSA) is 32.3 Å². The van der Waals surface area contributed by atoms with Crippen molar-refractivity contribution < 1.29 is 4.79 Å². The van der Waals surface area contributed by atoms with E-state index in [0.29, 0.717) is 15.7 Å². The average molecular weight is 277 g/mol. The second-order valence-electron chi connectivity index (χ2n) is 3.36. The fourth-order valence-corrected chi connectivity index (χ4v) is 2.76. The van der Waals surface area contributed by atoms with E-state index in [1.54, 1.807) is 34.9 Å². The van der Waals surface area contributed by atoms with Crippen molar-refractivity contribution in [1.82, 2.24) is 4.90 Å². The molecule has 0 bridgehead atoms. The zero-order valence-corrected chi connectivity index (χ0v) is 10.7. The van der Waals surface area contributed by atoms with Gasteiger partial charge in [-0.15, -0.1) is 11.8 Å². The molecule has 2 amide bonds. The molecule has 1 aromatic carbocycles. The molecular weight excluding hydrogens is 267 g/mol. The predicted molar refractivity (Wildman–Crippen MR) is 69.5 cm³/mol. The maximum Gasteiger partial charge on any atom is 0.322 e. The quantitative estimate of drug-likeness (QED) is 0.851. The van der Waals surface area contributed by atoms with Gasteiger partial charge in [0.15, 0.2) is 0 Å². The number of carbonyl (C=O) groups excluding carboxylic acids is 1. The molecule has 0 radical (unpaired) electrons. The molecule has 0 aromatic heterocycles. The van der Waals surface area contributed by atoms with E-state index in [9.17, 15) is 4.79 Å². The fourth-order valence-electron chi connectivity index (χ4n) is 1.36. The van der Waals surface area contributed by atoms with Crippen LogP contribution in [0, 0.1) is 0 Å². The van der Waals surface area contributed by atoms with Crippen LogP contribution in [0.5, 0.6) is 0 Å². The number of rotatable bonds is 1. The summed E-state index contributed by atoms with van der Waals surface area (Å²) in [5.74, 6) is 1.72. The molecule has 0 atom stereocenters. The first-order valence-electron chi connectivity index (χ1n) is 4.75. The van der Waals surface area contributed by atoms with Gasteiger partial charge in [0.1, 0.15) is 0 Å². The van der Waals surface area contributed by atoms with E-state index in [1.807, 2.05) is 0 Å². The largest absolute Gasteiger partial charge is 0.322 e. The first-order valence-corrected chi connectivity index (χ1v) is 6.66. The van der Waals surface area contributed by atoms with Crippen LogP contribution in [0.2, 0.25) is 10.0 Å². The van der Waals surface area contributed by atoms with Crippen molar-refractivity contribution in [2.24, 2.45) is 0 Å². The molecule has 1 heterocycles. The lowest BCUT2D eigenvalue weighted by Crippen LogP contribution is -2.32. The minimum Gasteiger partial charge on any atom is -0.314 e. The monoisotopic (exact) mass is 276 g/mol. The van der Waals surface area contributed by atoms with E-state index in [4.69, 9.17) is 23.2 Å². The molecular formula is C10H10Cl2N2OS. The second kappa shape index (κ2) is 5.17. The van der Waals surface area contributed by atoms with E-state index in [2.05, 4.69) is 5.32 Å². The predicted octanol–water partition coefficient (Wildman–Crippen LogP) is 3.53. The summed E-state index contributed by atoms with van der Waals surface area (Å²) < 4.78 is 0. The van der Waals surface area contributed by atoms with Gasteiger partial charge < -0.3 is 10.2 Å². The highest BCUT2D eigenvalue weighted by molar-refractivity contribution is 7.99. The van der Waals surface area contributed by atoms with Gasteiger partial charge >= 0.3 is 6.03 Å². The number of benzene rings is 1. The summed E-state index contributed by atoms with van der Waals surface area (Å²) in [4.78, 5) is 13.5. The summed E-state index contributed by atoms with van der Waals surface area (Å²) in [7, 11) is 0.